The van der Waals surface area contributed by atoms with E-state index in [4.69, 9.17) is 15.2 Å². The molecule has 0 atom stereocenters. The molecule has 0 aliphatic heterocycles. The Morgan fingerprint density at radius 1 is 1.05 bits per heavy atom. The van der Waals surface area contributed by atoms with Crippen LogP contribution in [0.1, 0.15) is 22.8 Å². The van der Waals surface area contributed by atoms with Gasteiger partial charge in [0.2, 0.25) is 0 Å². The molecule has 0 aromatic heterocycles. The lowest BCUT2D eigenvalue weighted by atomic mass is 10.1. The highest BCUT2D eigenvalue weighted by molar-refractivity contribution is 5.91. The SMILES string of the molecule is CCOCc1ccc(C(=O)Oc2ccc(N)cc2)cc1. The van der Waals surface area contributed by atoms with Gasteiger partial charge in [0.1, 0.15) is 5.75 Å². The molecule has 4 nitrogen and oxygen atoms in total. The molecule has 20 heavy (non-hydrogen) atoms. The Hall–Kier alpha value is -2.33. The second kappa shape index (κ2) is 6.73. The van der Waals surface area contributed by atoms with Gasteiger partial charge in [-0.2, -0.15) is 0 Å². The van der Waals surface area contributed by atoms with Crippen molar-refractivity contribution < 1.29 is 14.3 Å². The minimum atomic E-state index is -0.391. The van der Waals surface area contributed by atoms with Crippen LogP contribution in [0.5, 0.6) is 5.75 Å². The first-order valence-electron chi connectivity index (χ1n) is 6.43. The smallest absolute Gasteiger partial charge is 0.343 e. The molecular formula is C16H17NO3. The summed E-state index contributed by atoms with van der Waals surface area (Å²) >= 11 is 0. The number of carbonyl (C=O) groups is 1. The molecule has 0 saturated carbocycles. The van der Waals surface area contributed by atoms with Gasteiger partial charge < -0.3 is 15.2 Å². The molecular weight excluding hydrogens is 254 g/mol. The number of esters is 1. The van der Waals surface area contributed by atoms with Gasteiger partial charge in [0.25, 0.3) is 0 Å². The third kappa shape index (κ3) is 3.83. The Kier molecular flexibility index (Phi) is 4.74. The molecule has 2 rings (SSSR count). The lowest BCUT2D eigenvalue weighted by molar-refractivity contribution is 0.0734. The van der Waals surface area contributed by atoms with Crippen molar-refractivity contribution in [1.29, 1.82) is 0 Å². The van der Waals surface area contributed by atoms with Crippen LogP contribution in [-0.2, 0) is 11.3 Å². The molecule has 4 heteroatoms. The maximum absolute atomic E-state index is 11.9. The molecule has 0 heterocycles. The summed E-state index contributed by atoms with van der Waals surface area (Å²) in [5.41, 5.74) is 7.73. The fourth-order valence-corrected chi connectivity index (χ4v) is 1.66. The summed E-state index contributed by atoms with van der Waals surface area (Å²) in [6.45, 7) is 3.16. The van der Waals surface area contributed by atoms with E-state index in [0.29, 0.717) is 30.2 Å². The fraction of sp³-hybridized carbons (Fsp3) is 0.188. The van der Waals surface area contributed by atoms with Crippen LogP contribution in [0.3, 0.4) is 0 Å². The Balaban J connectivity index is 2.00. The van der Waals surface area contributed by atoms with Crippen molar-refractivity contribution in [3.05, 3.63) is 59.7 Å². The molecule has 2 aromatic carbocycles. The summed E-state index contributed by atoms with van der Waals surface area (Å²) in [6, 6.07) is 13.9. The van der Waals surface area contributed by atoms with Crippen molar-refractivity contribution in [2.45, 2.75) is 13.5 Å². The van der Waals surface area contributed by atoms with Gasteiger partial charge in [-0.25, -0.2) is 4.79 Å². The van der Waals surface area contributed by atoms with E-state index in [9.17, 15) is 4.79 Å². The summed E-state index contributed by atoms with van der Waals surface area (Å²) in [6.07, 6.45) is 0. The summed E-state index contributed by atoms with van der Waals surface area (Å²) < 4.78 is 10.5. The highest BCUT2D eigenvalue weighted by Crippen LogP contribution is 2.15. The standard InChI is InChI=1S/C16H17NO3/c1-2-19-11-12-3-5-13(6-4-12)16(18)20-15-9-7-14(17)8-10-15/h3-10H,2,11,17H2,1H3. The second-order valence-electron chi connectivity index (χ2n) is 4.29. The van der Waals surface area contributed by atoms with Gasteiger partial charge in [0, 0.05) is 12.3 Å². The monoisotopic (exact) mass is 271 g/mol. The summed E-state index contributed by atoms with van der Waals surface area (Å²) in [5, 5.41) is 0. The van der Waals surface area contributed by atoms with Gasteiger partial charge in [-0.05, 0) is 48.9 Å². The van der Waals surface area contributed by atoms with Crippen LogP contribution >= 0.6 is 0 Å². The van der Waals surface area contributed by atoms with Gasteiger partial charge in [0.05, 0.1) is 12.2 Å². The van der Waals surface area contributed by atoms with Crippen LogP contribution in [0.15, 0.2) is 48.5 Å². The Labute approximate surface area is 118 Å². The van der Waals surface area contributed by atoms with Crippen LogP contribution < -0.4 is 10.5 Å². The Bertz CT molecular complexity index is 561. The summed E-state index contributed by atoms with van der Waals surface area (Å²) in [7, 11) is 0. The van der Waals surface area contributed by atoms with E-state index in [1.807, 2.05) is 19.1 Å². The molecule has 104 valence electrons. The minimum Gasteiger partial charge on any atom is -0.423 e. The van der Waals surface area contributed by atoms with Gasteiger partial charge in [0.15, 0.2) is 0 Å². The van der Waals surface area contributed by atoms with Crippen LogP contribution in [0, 0.1) is 0 Å². The van der Waals surface area contributed by atoms with Crippen molar-refractivity contribution in [3.63, 3.8) is 0 Å². The lowest BCUT2D eigenvalue weighted by Gasteiger charge is -2.06. The predicted molar refractivity (Wildman–Crippen MR) is 77.6 cm³/mol. The van der Waals surface area contributed by atoms with Gasteiger partial charge in [-0.3, -0.25) is 0 Å². The lowest BCUT2D eigenvalue weighted by Crippen LogP contribution is -2.08. The first-order valence-corrected chi connectivity index (χ1v) is 6.43. The molecule has 0 spiro atoms. The number of nitrogens with two attached hydrogens (primary N) is 1. The van der Waals surface area contributed by atoms with Crippen molar-refractivity contribution in [2.75, 3.05) is 12.3 Å². The van der Waals surface area contributed by atoms with Gasteiger partial charge in [-0.15, -0.1) is 0 Å². The van der Waals surface area contributed by atoms with Crippen molar-refractivity contribution >= 4 is 11.7 Å². The highest BCUT2D eigenvalue weighted by Gasteiger charge is 2.08. The van der Waals surface area contributed by atoms with E-state index in [1.54, 1.807) is 36.4 Å². The quantitative estimate of drug-likeness (QED) is 0.516. The molecule has 0 aliphatic carbocycles. The van der Waals surface area contributed by atoms with Crippen molar-refractivity contribution in [1.82, 2.24) is 0 Å². The predicted octanol–water partition coefficient (Wildman–Crippen LogP) is 3.02. The minimum absolute atomic E-state index is 0.391. The summed E-state index contributed by atoms with van der Waals surface area (Å²) in [4.78, 5) is 11.9. The molecule has 0 radical (unpaired) electrons. The number of benzene rings is 2. The van der Waals surface area contributed by atoms with Gasteiger partial charge in [-0.1, -0.05) is 12.1 Å². The van der Waals surface area contributed by atoms with E-state index >= 15 is 0 Å². The number of nitrogen functional groups attached to an aromatic ring is 1. The molecule has 0 aliphatic rings. The molecule has 0 fully saturated rings. The largest absolute Gasteiger partial charge is 0.423 e. The third-order valence-electron chi connectivity index (χ3n) is 2.75. The number of rotatable bonds is 5. The van der Waals surface area contributed by atoms with Crippen LogP contribution in [0.2, 0.25) is 0 Å². The maximum atomic E-state index is 11.9. The number of hydrogen-bond acceptors (Lipinski definition) is 4. The first kappa shape index (κ1) is 14.1. The zero-order valence-corrected chi connectivity index (χ0v) is 11.3. The third-order valence-corrected chi connectivity index (χ3v) is 2.75. The topological polar surface area (TPSA) is 61.5 Å². The van der Waals surface area contributed by atoms with E-state index in [1.165, 1.54) is 0 Å². The second-order valence-corrected chi connectivity index (χ2v) is 4.29. The number of ether oxygens (including phenoxy) is 2. The van der Waals surface area contributed by atoms with E-state index in [0.717, 1.165) is 5.56 Å². The Morgan fingerprint density at radius 3 is 2.30 bits per heavy atom. The maximum Gasteiger partial charge on any atom is 0.343 e. The fourth-order valence-electron chi connectivity index (χ4n) is 1.66. The van der Waals surface area contributed by atoms with Crippen molar-refractivity contribution in [3.8, 4) is 5.75 Å². The average molecular weight is 271 g/mol. The molecule has 0 bridgehead atoms. The normalized spacial score (nSPS) is 10.2. The van der Waals surface area contributed by atoms with E-state index < -0.39 is 5.97 Å². The average Bonchev–Trinajstić information content (AvgIpc) is 2.48. The van der Waals surface area contributed by atoms with Crippen molar-refractivity contribution in [2.24, 2.45) is 0 Å². The molecule has 0 saturated heterocycles. The van der Waals surface area contributed by atoms with E-state index in [-0.39, 0.29) is 0 Å². The van der Waals surface area contributed by atoms with E-state index in [2.05, 4.69) is 0 Å². The molecule has 2 N–H and O–H groups in total. The number of carbonyl (C=O) groups excluding carboxylic acids is 1. The van der Waals surface area contributed by atoms with Crippen LogP contribution in [0.4, 0.5) is 5.69 Å². The zero-order valence-electron chi connectivity index (χ0n) is 11.3. The highest BCUT2D eigenvalue weighted by atomic mass is 16.5. The first-order chi connectivity index (χ1) is 9.69. The number of anilines is 1. The molecule has 0 amide bonds. The zero-order chi connectivity index (χ0) is 14.4. The van der Waals surface area contributed by atoms with Crippen LogP contribution in [-0.4, -0.2) is 12.6 Å². The van der Waals surface area contributed by atoms with Crippen LogP contribution in [0.25, 0.3) is 0 Å². The number of hydrogen-bond donors (Lipinski definition) is 1. The molecule has 2 aromatic rings. The Morgan fingerprint density at radius 2 is 1.70 bits per heavy atom. The summed E-state index contributed by atoms with van der Waals surface area (Å²) in [5.74, 6) is 0.0836. The van der Waals surface area contributed by atoms with Gasteiger partial charge >= 0.3 is 5.97 Å². The molecule has 0 unspecified atom stereocenters.